The first-order valence-corrected chi connectivity index (χ1v) is 10.5. The molecule has 2 aromatic carbocycles. The summed E-state index contributed by atoms with van der Waals surface area (Å²) in [6.45, 7) is 1.64. The van der Waals surface area contributed by atoms with E-state index in [0.29, 0.717) is 10.8 Å². The van der Waals surface area contributed by atoms with Crippen molar-refractivity contribution in [2.45, 2.75) is 51.2 Å². The van der Waals surface area contributed by atoms with E-state index in [0.717, 1.165) is 31.2 Å². The maximum absolute atomic E-state index is 13.3. The average molecular weight is 433 g/mol. The number of halogens is 2. The predicted octanol–water partition coefficient (Wildman–Crippen LogP) is 4.33. The van der Waals surface area contributed by atoms with Crippen LogP contribution in [-0.2, 0) is 16.1 Å². The van der Waals surface area contributed by atoms with Gasteiger partial charge in [0, 0.05) is 17.6 Å². The minimum atomic E-state index is -0.689. The van der Waals surface area contributed by atoms with Gasteiger partial charge in [-0.25, -0.2) is 4.39 Å². The fourth-order valence-electron chi connectivity index (χ4n) is 3.55. The number of amides is 2. The summed E-state index contributed by atoms with van der Waals surface area (Å²) in [5.41, 5.74) is 0.730. The Morgan fingerprint density at radius 2 is 1.90 bits per heavy atom. The highest BCUT2D eigenvalue weighted by molar-refractivity contribution is 6.30. The van der Waals surface area contributed by atoms with Crippen molar-refractivity contribution in [1.82, 2.24) is 10.2 Å². The zero-order chi connectivity index (χ0) is 21.5. The summed E-state index contributed by atoms with van der Waals surface area (Å²) in [6, 6.07) is 12.1. The molecule has 1 N–H and O–H groups in total. The number of carbonyl (C=O) groups is 2. The van der Waals surface area contributed by atoms with Crippen LogP contribution in [0.5, 0.6) is 5.75 Å². The van der Waals surface area contributed by atoms with E-state index in [1.807, 2.05) is 0 Å². The maximum Gasteiger partial charge on any atom is 0.261 e. The Morgan fingerprint density at radius 1 is 1.20 bits per heavy atom. The zero-order valence-corrected chi connectivity index (χ0v) is 17.7. The molecule has 2 amide bonds. The molecule has 0 radical (unpaired) electrons. The van der Waals surface area contributed by atoms with Gasteiger partial charge in [-0.1, -0.05) is 42.6 Å². The molecular weight excluding hydrogens is 407 g/mol. The molecule has 1 aliphatic rings. The van der Waals surface area contributed by atoms with Crippen LogP contribution in [-0.4, -0.2) is 35.4 Å². The van der Waals surface area contributed by atoms with E-state index in [1.54, 1.807) is 43.3 Å². The first-order valence-electron chi connectivity index (χ1n) is 10.1. The summed E-state index contributed by atoms with van der Waals surface area (Å²) < 4.78 is 18.8. The summed E-state index contributed by atoms with van der Waals surface area (Å²) in [6.07, 6.45) is 4.13. The Hall–Kier alpha value is -2.60. The van der Waals surface area contributed by atoms with Crippen LogP contribution in [0.2, 0.25) is 5.02 Å². The van der Waals surface area contributed by atoms with Gasteiger partial charge in [0.15, 0.2) is 6.61 Å². The molecule has 0 aliphatic heterocycles. The van der Waals surface area contributed by atoms with Crippen LogP contribution in [0.3, 0.4) is 0 Å². The topological polar surface area (TPSA) is 58.6 Å². The molecule has 1 saturated carbocycles. The molecule has 0 heterocycles. The van der Waals surface area contributed by atoms with Crippen LogP contribution < -0.4 is 10.1 Å². The minimum absolute atomic E-state index is 0.158. The maximum atomic E-state index is 13.3. The first kappa shape index (κ1) is 22.1. The normalized spacial score (nSPS) is 14.9. The lowest BCUT2D eigenvalue weighted by Gasteiger charge is -2.29. The lowest BCUT2D eigenvalue weighted by molar-refractivity contribution is -0.142. The van der Waals surface area contributed by atoms with E-state index < -0.39 is 6.04 Å². The molecule has 2 aromatic rings. The second kappa shape index (κ2) is 10.4. The Morgan fingerprint density at radius 3 is 2.57 bits per heavy atom. The Kier molecular flexibility index (Phi) is 7.69. The minimum Gasteiger partial charge on any atom is -0.484 e. The first-order chi connectivity index (χ1) is 14.4. The van der Waals surface area contributed by atoms with E-state index in [4.69, 9.17) is 16.3 Å². The highest BCUT2D eigenvalue weighted by atomic mass is 35.5. The van der Waals surface area contributed by atoms with Gasteiger partial charge in [-0.2, -0.15) is 0 Å². The Balaban J connectivity index is 1.70. The number of ether oxygens (including phenoxy) is 1. The molecule has 160 valence electrons. The molecule has 1 atom stereocenters. The van der Waals surface area contributed by atoms with E-state index in [2.05, 4.69) is 5.32 Å². The van der Waals surface area contributed by atoms with Crippen molar-refractivity contribution >= 4 is 23.4 Å². The van der Waals surface area contributed by atoms with Crippen molar-refractivity contribution < 1.29 is 18.7 Å². The van der Waals surface area contributed by atoms with E-state index in [-0.39, 0.29) is 36.8 Å². The second-order valence-electron chi connectivity index (χ2n) is 7.56. The standard InChI is InChI=1S/C23H26ClFN2O3/c1-16(23(29)26-20-6-2-3-7-20)27(14-17-9-11-19(25)12-10-17)22(28)15-30-21-8-4-5-18(24)13-21/h4-5,8-13,16,20H,2-3,6-7,14-15H2,1H3,(H,26,29)/t16-/m1/s1. The number of nitrogens with one attached hydrogen (secondary N) is 1. The summed E-state index contributed by atoms with van der Waals surface area (Å²) in [7, 11) is 0. The Labute approximate surface area is 181 Å². The largest absolute Gasteiger partial charge is 0.484 e. The quantitative estimate of drug-likeness (QED) is 0.675. The number of carbonyl (C=O) groups excluding carboxylic acids is 2. The Bertz CT molecular complexity index is 869. The number of nitrogens with zero attached hydrogens (tertiary/aromatic N) is 1. The van der Waals surface area contributed by atoms with Crippen molar-refractivity contribution in [2.75, 3.05) is 6.61 Å². The van der Waals surface area contributed by atoms with Gasteiger partial charge in [0.1, 0.15) is 17.6 Å². The van der Waals surface area contributed by atoms with Gasteiger partial charge < -0.3 is 15.0 Å². The molecule has 30 heavy (non-hydrogen) atoms. The molecule has 1 fully saturated rings. The molecule has 0 spiro atoms. The molecule has 0 saturated heterocycles. The summed E-state index contributed by atoms with van der Waals surface area (Å²) in [4.78, 5) is 27.2. The average Bonchev–Trinajstić information content (AvgIpc) is 3.24. The highest BCUT2D eigenvalue weighted by Gasteiger charge is 2.28. The molecule has 0 unspecified atom stereocenters. The molecule has 7 heteroatoms. The van der Waals surface area contributed by atoms with Crippen LogP contribution in [0.1, 0.15) is 38.2 Å². The van der Waals surface area contributed by atoms with Gasteiger partial charge in [-0.05, 0) is 55.7 Å². The van der Waals surface area contributed by atoms with Crippen LogP contribution in [0.15, 0.2) is 48.5 Å². The number of benzene rings is 2. The summed E-state index contributed by atoms with van der Waals surface area (Å²) in [5, 5.41) is 3.55. The fourth-order valence-corrected chi connectivity index (χ4v) is 3.73. The number of hydrogen-bond donors (Lipinski definition) is 1. The SMILES string of the molecule is C[C@H](C(=O)NC1CCCC1)N(Cc1ccc(F)cc1)C(=O)COc1cccc(Cl)c1. The van der Waals surface area contributed by atoms with Crippen molar-refractivity contribution in [1.29, 1.82) is 0 Å². The van der Waals surface area contributed by atoms with Crippen molar-refractivity contribution in [2.24, 2.45) is 0 Å². The van der Waals surface area contributed by atoms with E-state index in [9.17, 15) is 14.0 Å². The number of rotatable bonds is 8. The van der Waals surface area contributed by atoms with Crippen LogP contribution in [0.25, 0.3) is 0 Å². The zero-order valence-electron chi connectivity index (χ0n) is 16.9. The number of hydrogen-bond acceptors (Lipinski definition) is 3. The molecule has 5 nitrogen and oxygen atoms in total. The van der Waals surface area contributed by atoms with Gasteiger partial charge in [0.05, 0.1) is 0 Å². The molecule has 0 bridgehead atoms. The lowest BCUT2D eigenvalue weighted by atomic mass is 10.1. The van der Waals surface area contributed by atoms with Crippen LogP contribution >= 0.6 is 11.6 Å². The lowest BCUT2D eigenvalue weighted by Crippen LogP contribution is -2.50. The van der Waals surface area contributed by atoms with Gasteiger partial charge in [0.25, 0.3) is 5.91 Å². The predicted molar refractivity (Wildman–Crippen MR) is 114 cm³/mol. The fraction of sp³-hybridized carbons (Fsp3) is 0.391. The van der Waals surface area contributed by atoms with Gasteiger partial charge in [-0.3, -0.25) is 9.59 Å². The van der Waals surface area contributed by atoms with Gasteiger partial charge in [-0.15, -0.1) is 0 Å². The molecule has 1 aliphatic carbocycles. The molecular formula is C23H26ClFN2O3. The van der Waals surface area contributed by atoms with E-state index >= 15 is 0 Å². The van der Waals surface area contributed by atoms with Crippen LogP contribution in [0, 0.1) is 5.82 Å². The second-order valence-corrected chi connectivity index (χ2v) is 8.00. The van der Waals surface area contributed by atoms with Gasteiger partial charge in [0.2, 0.25) is 5.91 Å². The third kappa shape index (κ3) is 6.20. The third-order valence-corrected chi connectivity index (χ3v) is 5.53. The third-order valence-electron chi connectivity index (χ3n) is 5.29. The highest BCUT2D eigenvalue weighted by Crippen LogP contribution is 2.20. The van der Waals surface area contributed by atoms with Crippen molar-refractivity contribution in [3.8, 4) is 5.75 Å². The summed E-state index contributed by atoms with van der Waals surface area (Å²) in [5.74, 6) is -0.415. The summed E-state index contributed by atoms with van der Waals surface area (Å²) >= 11 is 5.96. The molecule has 0 aromatic heterocycles. The van der Waals surface area contributed by atoms with Crippen molar-refractivity contribution in [3.05, 3.63) is 64.9 Å². The van der Waals surface area contributed by atoms with Gasteiger partial charge >= 0.3 is 0 Å². The van der Waals surface area contributed by atoms with Crippen molar-refractivity contribution in [3.63, 3.8) is 0 Å². The molecule has 3 rings (SSSR count). The smallest absolute Gasteiger partial charge is 0.261 e. The van der Waals surface area contributed by atoms with E-state index in [1.165, 1.54) is 17.0 Å². The monoisotopic (exact) mass is 432 g/mol. The van der Waals surface area contributed by atoms with Crippen LogP contribution in [0.4, 0.5) is 4.39 Å².